The van der Waals surface area contributed by atoms with Gasteiger partial charge in [-0.25, -0.2) is 9.97 Å². The standard InChI is InChI=1S/C15H17F3N4O/c1-2-6-22(7-8-23)13-9-12(15(16,17)18)20-14(21-13)11-4-3-5-19-10-11/h3-5,9-10,23H,2,6-8H2,1H3. The molecule has 0 fully saturated rings. The van der Waals surface area contributed by atoms with Gasteiger partial charge in [-0.2, -0.15) is 13.2 Å². The van der Waals surface area contributed by atoms with Gasteiger partial charge in [-0.05, 0) is 18.6 Å². The minimum Gasteiger partial charge on any atom is -0.395 e. The normalized spacial score (nSPS) is 11.5. The largest absolute Gasteiger partial charge is 0.433 e. The number of aliphatic hydroxyl groups excluding tert-OH is 1. The van der Waals surface area contributed by atoms with E-state index in [-0.39, 0.29) is 24.8 Å². The van der Waals surface area contributed by atoms with Crippen molar-refractivity contribution in [3.05, 3.63) is 36.3 Å². The van der Waals surface area contributed by atoms with Crippen LogP contribution in [0.1, 0.15) is 19.0 Å². The minimum atomic E-state index is -4.58. The molecule has 0 aliphatic heterocycles. The maximum Gasteiger partial charge on any atom is 0.433 e. The lowest BCUT2D eigenvalue weighted by atomic mass is 10.2. The summed E-state index contributed by atoms with van der Waals surface area (Å²) in [6.07, 6.45) is -0.929. The zero-order valence-corrected chi connectivity index (χ0v) is 12.6. The maximum absolute atomic E-state index is 13.1. The lowest BCUT2D eigenvalue weighted by Crippen LogP contribution is -2.29. The van der Waals surface area contributed by atoms with E-state index in [1.54, 1.807) is 17.0 Å². The summed E-state index contributed by atoms with van der Waals surface area (Å²) in [6, 6.07) is 4.11. The molecule has 1 N–H and O–H groups in total. The molecule has 0 atom stereocenters. The Morgan fingerprint density at radius 1 is 1.22 bits per heavy atom. The van der Waals surface area contributed by atoms with Crippen molar-refractivity contribution in [3.63, 3.8) is 0 Å². The van der Waals surface area contributed by atoms with E-state index in [0.29, 0.717) is 18.5 Å². The fourth-order valence-electron chi connectivity index (χ4n) is 2.10. The second-order valence-corrected chi connectivity index (χ2v) is 4.89. The highest BCUT2D eigenvalue weighted by molar-refractivity contribution is 5.57. The van der Waals surface area contributed by atoms with E-state index in [4.69, 9.17) is 5.11 Å². The monoisotopic (exact) mass is 326 g/mol. The van der Waals surface area contributed by atoms with Gasteiger partial charge in [0.25, 0.3) is 0 Å². The van der Waals surface area contributed by atoms with Crippen LogP contribution in [0.15, 0.2) is 30.6 Å². The molecule has 5 nitrogen and oxygen atoms in total. The van der Waals surface area contributed by atoms with Crippen LogP contribution in [-0.2, 0) is 6.18 Å². The van der Waals surface area contributed by atoms with Crippen molar-refractivity contribution in [2.24, 2.45) is 0 Å². The van der Waals surface area contributed by atoms with Gasteiger partial charge in [0.2, 0.25) is 0 Å². The van der Waals surface area contributed by atoms with Crippen molar-refractivity contribution < 1.29 is 18.3 Å². The summed E-state index contributed by atoms with van der Waals surface area (Å²) in [5.41, 5.74) is -0.610. The zero-order valence-electron chi connectivity index (χ0n) is 12.6. The Morgan fingerprint density at radius 3 is 2.57 bits per heavy atom. The number of rotatable bonds is 6. The van der Waals surface area contributed by atoms with Crippen LogP contribution >= 0.6 is 0 Å². The number of pyridine rings is 1. The van der Waals surface area contributed by atoms with E-state index in [9.17, 15) is 13.2 Å². The van der Waals surface area contributed by atoms with E-state index >= 15 is 0 Å². The maximum atomic E-state index is 13.1. The van der Waals surface area contributed by atoms with Gasteiger partial charge in [0.15, 0.2) is 11.5 Å². The molecule has 2 rings (SSSR count). The highest BCUT2D eigenvalue weighted by Crippen LogP contribution is 2.31. The molecule has 124 valence electrons. The van der Waals surface area contributed by atoms with E-state index in [0.717, 1.165) is 6.07 Å². The molecular weight excluding hydrogens is 309 g/mol. The average molecular weight is 326 g/mol. The van der Waals surface area contributed by atoms with Gasteiger partial charge in [0.05, 0.1) is 6.61 Å². The van der Waals surface area contributed by atoms with Crippen LogP contribution in [0.3, 0.4) is 0 Å². The van der Waals surface area contributed by atoms with E-state index in [1.807, 2.05) is 6.92 Å². The second-order valence-electron chi connectivity index (χ2n) is 4.89. The summed E-state index contributed by atoms with van der Waals surface area (Å²) in [6.45, 7) is 2.42. The molecule has 0 saturated heterocycles. The summed E-state index contributed by atoms with van der Waals surface area (Å²) < 4.78 is 39.4. The summed E-state index contributed by atoms with van der Waals surface area (Å²) in [4.78, 5) is 13.3. The lowest BCUT2D eigenvalue weighted by molar-refractivity contribution is -0.141. The number of aliphatic hydroxyl groups is 1. The molecule has 0 aliphatic carbocycles. The van der Waals surface area contributed by atoms with Gasteiger partial charge >= 0.3 is 6.18 Å². The highest BCUT2D eigenvalue weighted by atomic mass is 19.4. The first-order valence-corrected chi connectivity index (χ1v) is 7.18. The van der Waals surface area contributed by atoms with Crippen LogP contribution in [0, 0.1) is 0 Å². The quantitative estimate of drug-likeness (QED) is 0.884. The fraction of sp³-hybridized carbons (Fsp3) is 0.400. The molecule has 0 aromatic carbocycles. The number of hydrogen-bond acceptors (Lipinski definition) is 5. The Balaban J connectivity index is 2.53. The van der Waals surface area contributed by atoms with Crippen LogP contribution < -0.4 is 4.90 Å². The van der Waals surface area contributed by atoms with Crippen molar-refractivity contribution in [2.75, 3.05) is 24.6 Å². The van der Waals surface area contributed by atoms with E-state index in [2.05, 4.69) is 15.0 Å². The first kappa shape index (κ1) is 17.1. The van der Waals surface area contributed by atoms with Crippen LogP contribution in [-0.4, -0.2) is 39.8 Å². The number of nitrogens with zero attached hydrogens (tertiary/aromatic N) is 4. The first-order chi connectivity index (χ1) is 11.0. The molecule has 0 saturated carbocycles. The molecular formula is C15H17F3N4O. The Hall–Kier alpha value is -2.22. The fourth-order valence-corrected chi connectivity index (χ4v) is 2.10. The van der Waals surface area contributed by atoms with Gasteiger partial charge in [-0.15, -0.1) is 0 Å². The smallest absolute Gasteiger partial charge is 0.395 e. The Bertz CT molecular complexity index is 628. The van der Waals surface area contributed by atoms with Crippen molar-refractivity contribution in [3.8, 4) is 11.4 Å². The first-order valence-electron chi connectivity index (χ1n) is 7.18. The summed E-state index contributed by atoms with van der Waals surface area (Å²) in [7, 11) is 0. The molecule has 23 heavy (non-hydrogen) atoms. The van der Waals surface area contributed by atoms with Crippen LogP contribution in [0.4, 0.5) is 19.0 Å². The molecule has 0 spiro atoms. The summed E-state index contributed by atoms with van der Waals surface area (Å²) in [5, 5.41) is 9.12. The minimum absolute atomic E-state index is 0.0398. The third-order valence-corrected chi connectivity index (χ3v) is 3.11. The summed E-state index contributed by atoms with van der Waals surface area (Å²) >= 11 is 0. The van der Waals surface area contributed by atoms with Crippen molar-refractivity contribution in [1.29, 1.82) is 0 Å². The number of halogens is 3. The van der Waals surface area contributed by atoms with E-state index in [1.165, 1.54) is 12.4 Å². The summed E-state index contributed by atoms with van der Waals surface area (Å²) in [5.74, 6) is 0.101. The molecule has 2 aromatic rings. The molecule has 0 radical (unpaired) electrons. The van der Waals surface area contributed by atoms with Crippen molar-refractivity contribution in [1.82, 2.24) is 15.0 Å². The van der Waals surface area contributed by atoms with Gasteiger partial charge in [-0.1, -0.05) is 6.92 Å². The average Bonchev–Trinajstić information content (AvgIpc) is 2.54. The van der Waals surface area contributed by atoms with Gasteiger partial charge in [0.1, 0.15) is 5.82 Å². The number of aromatic nitrogens is 3. The van der Waals surface area contributed by atoms with Crippen molar-refractivity contribution in [2.45, 2.75) is 19.5 Å². The Labute approximate surface area is 131 Å². The van der Waals surface area contributed by atoms with Gasteiger partial charge < -0.3 is 10.0 Å². The molecule has 0 aliphatic rings. The predicted molar refractivity (Wildman–Crippen MR) is 79.9 cm³/mol. The molecule has 2 aromatic heterocycles. The Morgan fingerprint density at radius 2 is 2.00 bits per heavy atom. The second kappa shape index (κ2) is 7.36. The zero-order chi connectivity index (χ0) is 16.9. The third-order valence-electron chi connectivity index (χ3n) is 3.11. The number of anilines is 1. The van der Waals surface area contributed by atoms with E-state index < -0.39 is 11.9 Å². The van der Waals surface area contributed by atoms with Crippen LogP contribution in [0.2, 0.25) is 0 Å². The lowest BCUT2D eigenvalue weighted by Gasteiger charge is -2.23. The predicted octanol–water partition coefficient (Wildman–Crippen LogP) is 2.77. The number of hydrogen-bond donors (Lipinski definition) is 1. The SMILES string of the molecule is CCCN(CCO)c1cc(C(F)(F)F)nc(-c2cccnc2)n1. The van der Waals surface area contributed by atoms with Crippen molar-refractivity contribution >= 4 is 5.82 Å². The van der Waals surface area contributed by atoms with Gasteiger partial charge in [-0.3, -0.25) is 4.98 Å². The third kappa shape index (κ3) is 4.38. The molecule has 0 amide bonds. The highest BCUT2D eigenvalue weighted by Gasteiger charge is 2.34. The topological polar surface area (TPSA) is 62.1 Å². The van der Waals surface area contributed by atoms with Crippen LogP contribution in [0.5, 0.6) is 0 Å². The number of alkyl halides is 3. The van der Waals surface area contributed by atoms with Crippen LogP contribution in [0.25, 0.3) is 11.4 Å². The van der Waals surface area contributed by atoms with Gasteiger partial charge in [0, 0.05) is 37.1 Å². The molecule has 8 heteroatoms. The Kier molecular flexibility index (Phi) is 5.49. The molecule has 2 heterocycles. The molecule has 0 bridgehead atoms. The molecule has 0 unspecified atom stereocenters.